The minimum atomic E-state index is -4.24. The largest absolute Gasteiger partial charge is 0.416 e. The van der Waals surface area contributed by atoms with Gasteiger partial charge in [0, 0.05) is 6.04 Å². The van der Waals surface area contributed by atoms with E-state index in [2.05, 4.69) is 12.2 Å². The van der Waals surface area contributed by atoms with Gasteiger partial charge in [-0.15, -0.1) is 0 Å². The van der Waals surface area contributed by atoms with E-state index in [1.807, 2.05) is 0 Å². The maximum atomic E-state index is 12.6. The van der Waals surface area contributed by atoms with Crippen molar-refractivity contribution in [1.29, 1.82) is 0 Å². The average molecular weight is 257 g/mol. The monoisotopic (exact) mass is 257 g/mol. The van der Waals surface area contributed by atoms with Crippen molar-refractivity contribution < 1.29 is 13.2 Å². The second kappa shape index (κ2) is 5.31. The van der Waals surface area contributed by atoms with Crippen molar-refractivity contribution in [3.8, 4) is 0 Å². The fraction of sp³-hybridized carbons (Fsp3) is 0.571. The van der Waals surface area contributed by atoms with Crippen LogP contribution in [0.15, 0.2) is 24.3 Å². The van der Waals surface area contributed by atoms with Crippen LogP contribution in [-0.4, -0.2) is 12.6 Å². The third-order valence-electron chi connectivity index (χ3n) is 3.51. The summed E-state index contributed by atoms with van der Waals surface area (Å²) in [6.07, 6.45) is -1.26. The maximum absolute atomic E-state index is 12.6. The summed E-state index contributed by atoms with van der Waals surface area (Å²) < 4.78 is 37.8. The molecule has 100 valence electrons. The van der Waals surface area contributed by atoms with Crippen LogP contribution in [0.1, 0.15) is 43.2 Å². The van der Waals surface area contributed by atoms with Gasteiger partial charge in [-0.2, -0.15) is 13.2 Å². The first-order valence-electron chi connectivity index (χ1n) is 6.41. The minimum Gasteiger partial charge on any atom is -0.314 e. The van der Waals surface area contributed by atoms with Crippen LogP contribution in [0.3, 0.4) is 0 Å². The Morgan fingerprint density at radius 3 is 2.61 bits per heavy atom. The number of nitrogens with one attached hydrogen (secondary N) is 1. The molecular formula is C14H18F3N. The Bertz CT molecular complexity index is 394. The smallest absolute Gasteiger partial charge is 0.314 e. The summed E-state index contributed by atoms with van der Waals surface area (Å²) in [4.78, 5) is 0. The van der Waals surface area contributed by atoms with E-state index in [0.717, 1.165) is 37.4 Å². The second-order valence-electron chi connectivity index (χ2n) is 4.94. The molecule has 1 aliphatic rings. The molecule has 0 spiro atoms. The van der Waals surface area contributed by atoms with Crippen LogP contribution >= 0.6 is 0 Å². The van der Waals surface area contributed by atoms with Gasteiger partial charge in [0.2, 0.25) is 0 Å². The fourth-order valence-corrected chi connectivity index (χ4v) is 2.37. The van der Waals surface area contributed by atoms with Crippen LogP contribution in [-0.2, 0) is 6.18 Å². The van der Waals surface area contributed by atoms with Crippen molar-refractivity contribution in [2.45, 2.75) is 44.3 Å². The van der Waals surface area contributed by atoms with Gasteiger partial charge in [0.25, 0.3) is 0 Å². The molecule has 0 atom stereocenters. The molecule has 18 heavy (non-hydrogen) atoms. The van der Waals surface area contributed by atoms with E-state index in [4.69, 9.17) is 0 Å². The maximum Gasteiger partial charge on any atom is 0.416 e. The molecule has 0 aliphatic heterocycles. The lowest BCUT2D eigenvalue weighted by atomic mass is 9.75. The summed E-state index contributed by atoms with van der Waals surface area (Å²) in [5.74, 6) is 0.279. The van der Waals surface area contributed by atoms with Gasteiger partial charge in [-0.1, -0.05) is 25.1 Å². The molecule has 2 rings (SSSR count). The van der Waals surface area contributed by atoms with E-state index in [1.54, 1.807) is 6.07 Å². The molecule has 0 aromatic heterocycles. The summed E-state index contributed by atoms with van der Waals surface area (Å²) in [6.45, 7) is 3.09. The fourth-order valence-electron chi connectivity index (χ4n) is 2.37. The lowest BCUT2D eigenvalue weighted by molar-refractivity contribution is -0.137. The Labute approximate surface area is 105 Å². The molecule has 1 aromatic rings. The van der Waals surface area contributed by atoms with Crippen LogP contribution in [0.25, 0.3) is 0 Å². The predicted octanol–water partition coefficient (Wildman–Crippen LogP) is 3.95. The van der Waals surface area contributed by atoms with Crippen LogP contribution in [0.5, 0.6) is 0 Å². The van der Waals surface area contributed by atoms with Gasteiger partial charge in [-0.25, -0.2) is 0 Å². The van der Waals surface area contributed by atoms with Gasteiger partial charge in [-0.05, 0) is 43.4 Å². The van der Waals surface area contributed by atoms with Crippen molar-refractivity contribution in [2.75, 3.05) is 6.54 Å². The highest BCUT2D eigenvalue weighted by molar-refractivity contribution is 5.30. The Morgan fingerprint density at radius 2 is 2.00 bits per heavy atom. The van der Waals surface area contributed by atoms with Crippen LogP contribution in [0, 0.1) is 0 Å². The normalized spacial score (nSPS) is 23.8. The molecule has 0 amide bonds. The lowest BCUT2D eigenvalue weighted by Gasteiger charge is -2.36. The molecule has 1 aromatic carbocycles. The van der Waals surface area contributed by atoms with Gasteiger partial charge < -0.3 is 5.32 Å². The van der Waals surface area contributed by atoms with E-state index >= 15 is 0 Å². The minimum absolute atomic E-state index is 0.279. The van der Waals surface area contributed by atoms with Gasteiger partial charge in [0.15, 0.2) is 0 Å². The zero-order valence-corrected chi connectivity index (χ0v) is 10.4. The summed E-state index contributed by atoms with van der Waals surface area (Å²) in [5.41, 5.74) is 0.282. The van der Waals surface area contributed by atoms with Gasteiger partial charge >= 0.3 is 6.18 Å². The molecule has 1 aliphatic carbocycles. The third-order valence-corrected chi connectivity index (χ3v) is 3.51. The third kappa shape index (κ3) is 3.05. The first kappa shape index (κ1) is 13.4. The van der Waals surface area contributed by atoms with Crippen molar-refractivity contribution in [2.24, 2.45) is 0 Å². The molecule has 1 saturated carbocycles. The van der Waals surface area contributed by atoms with Crippen LogP contribution in [0.2, 0.25) is 0 Å². The molecular weight excluding hydrogens is 239 g/mol. The van der Waals surface area contributed by atoms with Crippen LogP contribution in [0.4, 0.5) is 13.2 Å². The lowest BCUT2D eigenvalue weighted by Crippen LogP contribution is -2.40. The molecule has 0 radical (unpaired) electrons. The van der Waals surface area contributed by atoms with E-state index < -0.39 is 11.7 Å². The molecule has 4 heteroatoms. The summed E-state index contributed by atoms with van der Waals surface area (Å²) in [7, 11) is 0. The molecule has 0 bridgehead atoms. The summed E-state index contributed by atoms with van der Waals surface area (Å²) >= 11 is 0. The first-order valence-corrected chi connectivity index (χ1v) is 6.41. The number of rotatable bonds is 4. The van der Waals surface area contributed by atoms with Crippen molar-refractivity contribution in [3.05, 3.63) is 35.4 Å². The van der Waals surface area contributed by atoms with Gasteiger partial charge in [0.1, 0.15) is 0 Å². The van der Waals surface area contributed by atoms with E-state index in [9.17, 15) is 13.2 Å². The van der Waals surface area contributed by atoms with Gasteiger partial charge in [-0.3, -0.25) is 0 Å². The van der Waals surface area contributed by atoms with E-state index in [1.165, 1.54) is 12.1 Å². The average Bonchev–Trinajstić information content (AvgIpc) is 2.26. The van der Waals surface area contributed by atoms with Crippen molar-refractivity contribution in [1.82, 2.24) is 5.32 Å². The Kier molecular flexibility index (Phi) is 3.95. The highest BCUT2D eigenvalue weighted by Gasteiger charge is 2.33. The molecule has 0 unspecified atom stereocenters. The van der Waals surface area contributed by atoms with Crippen molar-refractivity contribution >= 4 is 0 Å². The SMILES string of the molecule is CCCNC1CC(c2cccc(C(F)(F)F)c2)C1. The van der Waals surface area contributed by atoms with Gasteiger partial charge in [0.05, 0.1) is 5.56 Å². The Balaban J connectivity index is 1.95. The quantitative estimate of drug-likeness (QED) is 0.861. The molecule has 0 heterocycles. The second-order valence-corrected chi connectivity index (χ2v) is 4.94. The highest BCUT2D eigenvalue weighted by Crippen LogP contribution is 2.39. The zero-order valence-electron chi connectivity index (χ0n) is 10.4. The van der Waals surface area contributed by atoms with Crippen molar-refractivity contribution in [3.63, 3.8) is 0 Å². The Morgan fingerprint density at radius 1 is 1.28 bits per heavy atom. The molecule has 1 fully saturated rings. The van der Waals surface area contributed by atoms with E-state index in [0.29, 0.717) is 6.04 Å². The first-order chi connectivity index (χ1) is 8.50. The zero-order chi connectivity index (χ0) is 13.2. The number of hydrogen-bond acceptors (Lipinski definition) is 1. The number of hydrogen-bond donors (Lipinski definition) is 1. The summed E-state index contributed by atoms with van der Waals surface area (Å²) in [6, 6.07) is 6.21. The summed E-state index contributed by atoms with van der Waals surface area (Å²) in [5, 5.41) is 3.39. The number of alkyl halides is 3. The standard InChI is InChI=1S/C14H18F3N/c1-2-6-18-13-8-11(9-13)10-4-3-5-12(7-10)14(15,16)17/h3-5,7,11,13,18H,2,6,8-9H2,1H3. The number of benzene rings is 1. The van der Waals surface area contributed by atoms with E-state index in [-0.39, 0.29) is 5.92 Å². The van der Waals surface area contributed by atoms with Crippen LogP contribution < -0.4 is 5.32 Å². The highest BCUT2D eigenvalue weighted by atomic mass is 19.4. The molecule has 0 saturated heterocycles. The molecule has 1 nitrogen and oxygen atoms in total. The number of halogens is 3. The topological polar surface area (TPSA) is 12.0 Å². The Hall–Kier alpha value is -1.03. The predicted molar refractivity (Wildman–Crippen MR) is 65.5 cm³/mol. The molecule has 1 N–H and O–H groups in total.